The van der Waals surface area contributed by atoms with Crippen molar-refractivity contribution >= 4 is 11.6 Å². The highest BCUT2D eigenvalue weighted by atomic mass is 35.5. The molecule has 0 saturated carbocycles. The van der Waals surface area contributed by atoms with Gasteiger partial charge in [-0.2, -0.15) is 5.10 Å². The molecular weight excluding hydrogens is 372 g/mol. The maximum Gasteiger partial charge on any atom is 0.228 e. The minimum absolute atomic E-state index is 0.565. The molecule has 0 N–H and O–H groups in total. The number of aryl methyl sites for hydroxylation is 1. The summed E-state index contributed by atoms with van der Waals surface area (Å²) in [5, 5.41) is 4.89. The standard InChI is InChI=1S/C22H21ClN4O/c1-16-21(25-22(28-16)19-6-3-4-7-20(19)23)15-26(2)14-17-8-10-18(11-9-17)27-13-5-12-24-27/h3-13H,14-15H2,1-2H3. The Labute approximate surface area is 169 Å². The van der Waals surface area contributed by atoms with Crippen LogP contribution in [0.5, 0.6) is 0 Å². The summed E-state index contributed by atoms with van der Waals surface area (Å²) < 4.78 is 7.71. The maximum absolute atomic E-state index is 6.27. The second-order valence-corrected chi connectivity index (χ2v) is 7.20. The van der Waals surface area contributed by atoms with Gasteiger partial charge in [0, 0.05) is 25.5 Å². The van der Waals surface area contributed by atoms with Crippen molar-refractivity contribution in [3.05, 3.63) is 89.0 Å². The van der Waals surface area contributed by atoms with Crippen molar-refractivity contribution < 1.29 is 4.42 Å². The molecule has 0 atom stereocenters. The van der Waals surface area contributed by atoms with Crippen molar-refractivity contribution in [2.75, 3.05) is 7.05 Å². The minimum atomic E-state index is 0.565. The SMILES string of the molecule is Cc1oc(-c2ccccc2Cl)nc1CN(C)Cc1ccc(-n2cccn2)cc1. The Morgan fingerprint density at radius 3 is 2.54 bits per heavy atom. The number of rotatable bonds is 6. The van der Waals surface area contributed by atoms with Crippen LogP contribution in [-0.2, 0) is 13.1 Å². The molecule has 0 aliphatic heterocycles. The summed E-state index contributed by atoms with van der Waals surface area (Å²) in [6, 6.07) is 17.9. The monoisotopic (exact) mass is 392 g/mol. The van der Waals surface area contributed by atoms with E-state index in [9.17, 15) is 0 Å². The van der Waals surface area contributed by atoms with Gasteiger partial charge in [-0.25, -0.2) is 9.67 Å². The molecule has 0 bridgehead atoms. The van der Waals surface area contributed by atoms with E-state index < -0.39 is 0 Å². The molecule has 4 rings (SSSR count). The predicted octanol–water partition coefficient (Wildman–Crippen LogP) is 5.12. The first-order chi connectivity index (χ1) is 13.6. The molecule has 0 radical (unpaired) electrons. The van der Waals surface area contributed by atoms with E-state index in [-0.39, 0.29) is 0 Å². The Balaban J connectivity index is 1.44. The van der Waals surface area contributed by atoms with Crippen LogP contribution in [0, 0.1) is 6.92 Å². The predicted molar refractivity (Wildman–Crippen MR) is 110 cm³/mol. The largest absolute Gasteiger partial charge is 0.441 e. The molecule has 2 heterocycles. The fourth-order valence-corrected chi connectivity index (χ4v) is 3.34. The third kappa shape index (κ3) is 4.01. The Hall–Kier alpha value is -2.89. The summed E-state index contributed by atoms with van der Waals surface area (Å²) in [5.41, 5.74) is 4.01. The molecular formula is C22H21ClN4O. The van der Waals surface area contributed by atoms with E-state index >= 15 is 0 Å². The van der Waals surface area contributed by atoms with E-state index in [4.69, 9.17) is 16.0 Å². The summed E-state index contributed by atoms with van der Waals surface area (Å²) >= 11 is 6.27. The molecule has 28 heavy (non-hydrogen) atoms. The molecule has 0 amide bonds. The quantitative estimate of drug-likeness (QED) is 0.457. The molecule has 6 heteroatoms. The van der Waals surface area contributed by atoms with E-state index in [1.54, 1.807) is 6.20 Å². The van der Waals surface area contributed by atoms with Gasteiger partial charge in [-0.3, -0.25) is 4.90 Å². The van der Waals surface area contributed by atoms with Crippen molar-refractivity contribution in [1.29, 1.82) is 0 Å². The smallest absolute Gasteiger partial charge is 0.228 e. The Bertz CT molecular complexity index is 1050. The van der Waals surface area contributed by atoms with Crippen molar-refractivity contribution in [2.24, 2.45) is 0 Å². The molecule has 0 fully saturated rings. The molecule has 2 aromatic heterocycles. The number of benzene rings is 2. The van der Waals surface area contributed by atoms with Gasteiger partial charge >= 0.3 is 0 Å². The minimum Gasteiger partial charge on any atom is -0.441 e. The van der Waals surface area contributed by atoms with Gasteiger partial charge in [0.2, 0.25) is 5.89 Å². The summed E-state index contributed by atoms with van der Waals surface area (Å²) in [6.07, 6.45) is 3.71. The number of hydrogen-bond acceptors (Lipinski definition) is 4. The Morgan fingerprint density at radius 1 is 1.04 bits per heavy atom. The lowest BCUT2D eigenvalue weighted by molar-refractivity contribution is 0.313. The Morgan fingerprint density at radius 2 is 1.82 bits per heavy atom. The zero-order chi connectivity index (χ0) is 19.5. The fraction of sp³-hybridized carbons (Fsp3) is 0.182. The van der Waals surface area contributed by atoms with Crippen LogP contribution in [0.4, 0.5) is 0 Å². The highest BCUT2D eigenvalue weighted by Crippen LogP contribution is 2.28. The van der Waals surface area contributed by atoms with Crippen LogP contribution in [0.1, 0.15) is 17.0 Å². The van der Waals surface area contributed by atoms with Gasteiger partial charge in [0.15, 0.2) is 0 Å². The van der Waals surface area contributed by atoms with Crippen LogP contribution in [0.3, 0.4) is 0 Å². The lowest BCUT2D eigenvalue weighted by Gasteiger charge is -2.15. The number of hydrogen-bond donors (Lipinski definition) is 0. The second-order valence-electron chi connectivity index (χ2n) is 6.79. The van der Waals surface area contributed by atoms with E-state index in [1.807, 2.05) is 48.1 Å². The molecule has 5 nitrogen and oxygen atoms in total. The molecule has 4 aromatic rings. The lowest BCUT2D eigenvalue weighted by atomic mass is 10.2. The van der Waals surface area contributed by atoms with Crippen molar-refractivity contribution in [1.82, 2.24) is 19.7 Å². The second kappa shape index (κ2) is 8.00. The Kier molecular flexibility index (Phi) is 5.28. The average molecular weight is 393 g/mol. The number of halogens is 1. The first-order valence-corrected chi connectivity index (χ1v) is 9.46. The summed E-state index contributed by atoms with van der Waals surface area (Å²) in [6.45, 7) is 3.45. The van der Waals surface area contributed by atoms with Gasteiger partial charge in [-0.05, 0) is 49.9 Å². The van der Waals surface area contributed by atoms with Crippen molar-refractivity contribution in [3.63, 3.8) is 0 Å². The molecule has 0 saturated heterocycles. The van der Waals surface area contributed by atoms with Gasteiger partial charge in [0.25, 0.3) is 0 Å². The van der Waals surface area contributed by atoms with Crippen molar-refractivity contribution in [3.8, 4) is 17.1 Å². The topological polar surface area (TPSA) is 47.1 Å². The first-order valence-electron chi connectivity index (χ1n) is 9.09. The van der Waals surface area contributed by atoms with Crippen LogP contribution in [0.25, 0.3) is 17.1 Å². The van der Waals surface area contributed by atoms with Gasteiger partial charge in [-0.1, -0.05) is 35.9 Å². The average Bonchev–Trinajstić information content (AvgIpc) is 3.33. The normalized spacial score (nSPS) is 11.3. The first kappa shape index (κ1) is 18.5. The van der Waals surface area contributed by atoms with E-state index in [2.05, 4.69) is 46.3 Å². The number of nitrogens with zero attached hydrogens (tertiary/aromatic N) is 4. The van der Waals surface area contributed by atoms with E-state index in [0.717, 1.165) is 29.2 Å². The number of aromatic nitrogens is 3. The molecule has 0 spiro atoms. The third-order valence-corrected chi connectivity index (χ3v) is 4.90. The lowest BCUT2D eigenvalue weighted by Crippen LogP contribution is -2.18. The molecule has 0 unspecified atom stereocenters. The highest BCUT2D eigenvalue weighted by molar-refractivity contribution is 6.33. The van der Waals surface area contributed by atoms with Crippen LogP contribution in [0.15, 0.2) is 71.4 Å². The molecule has 142 valence electrons. The van der Waals surface area contributed by atoms with E-state index in [1.165, 1.54) is 5.56 Å². The van der Waals surface area contributed by atoms with Gasteiger partial charge in [0.05, 0.1) is 22.0 Å². The van der Waals surface area contributed by atoms with Crippen LogP contribution in [0.2, 0.25) is 5.02 Å². The summed E-state index contributed by atoms with van der Waals surface area (Å²) in [7, 11) is 2.07. The van der Waals surface area contributed by atoms with Crippen LogP contribution in [-0.4, -0.2) is 26.7 Å². The third-order valence-electron chi connectivity index (χ3n) is 4.57. The zero-order valence-corrected chi connectivity index (χ0v) is 16.6. The van der Waals surface area contributed by atoms with Gasteiger partial charge < -0.3 is 4.42 Å². The van der Waals surface area contributed by atoms with Crippen LogP contribution >= 0.6 is 11.6 Å². The van der Waals surface area contributed by atoms with Crippen LogP contribution < -0.4 is 0 Å². The number of oxazole rings is 1. The molecule has 0 aliphatic rings. The van der Waals surface area contributed by atoms with Gasteiger partial charge in [0.1, 0.15) is 5.76 Å². The van der Waals surface area contributed by atoms with E-state index in [0.29, 0.717) is 17.5 Å². The summed E-state index contributed by atoms with van der Waals surface area (Å²) in [4.78, 5) is 6.88. The highest BCUT2D eigenvalue weighted by Gasteiger charge is 2.15. The van der Waals surface area contributed by atoms with Crippen molar-refractivity contribution in [2.45, 2.75) is 20.0 Å². The van der Waals surface area contributed by atoms with Gasteiger partial charge in [-0.15, -0.1) is 0 Å². The molecule has 2 aromatic carbocycles. The maximum atomic E-state index is 6.27. The molecule has 0 aliphatic carbocycles. The summed E-state index contributed by atoms with van der Waals surface area (Å²) in [5.74, 6) is 1.38. The fourth-order valence-electron chi connectivity index (χ4n) is 3.12. The zero-order valence-electron chi connectivity index (χ0n) is 15.8.